The van der Waals surface area contributed by atoms with Gasteiger partial charge in [-0.1, -0.05) is 12.1 Å². The Morgan fingerprint density at radius 2 is 1.45 bits per heavy atom. The summed E-state index contributed by atoms with van der Waals surface area (Å²) in [5.74, 6) is 0. The van der Waals surface area contributed by atoms with Crippen molar-refractivity contribution >= 4 is 32.7 Å². The van der Waals surface area contributed by atoms with Gasteiger partial charge in [-0.3, -0.25) is 0 Å². The van der Waals surface area contributed by atoms with Gasteiger partial charge in [0.15, 0.2) is 0 Å². The van der Waals surface area contributed by atoms with Crippen LogP contribution >= 0.6 is 11.3 Å². The van der Waals surface area contributed by atoms with E-state index in [0.29, 0.717) is 23.5 Å². The lowest BCUT2D eigenvalue weighted by atomic mass is 9.92. The predicted molar refractivity (Wildman–Crippen MR) is 102 cm³/mol. The van der Waals surface area contributed by atoms with Crippen LogP contribution in [0.3, 0.4) is 0 Å². The van der Waals surface area contributed by atoms with Crippen LogP contribution in [0.2, 0.25) is 0 Å². The number of sulfonamides is 1. The van der Waals surface area contributed by atoms with Crippen LogP contribution in [-0.4, -0.2) is 56.4 Å². The minimum Gasteiger partial charge on any atom is -0.398 e. The zero-order valence-corrected chi connectivity index (χ0v) is 17.2. The van der Waals surface area contributed by atoms with Gasteiger partial charge in [0.05, 0.1) is 0 Å². The first-order chi connectivity index (χ1) is 14.2. The minimum absolute atomic E-state index is 0.0664. The highest BCUT2D eigenvalue weighted by atomic mass is 32.2. The molecule has 1 aromatic heterocycles. The van der Waals surface area contributed by atoms with Gasteiger partial charge >= 0.3 is 12.4 Å². The minimum atomic E-state index is -5.96. The number of nitrogens with zero attached hydrogens (tertiary/aromatic N) is 2. The second-order valence-corrected chi connectivity index (χ2v) is 9.92. The Balaban J connectivity index is 1.75. The van der Waals surface area contributed by atoms with E-state index in [9.17, 15) is 39.9 Å². The number of rotatable bonds is 4. The lowest BCUT2D eigenvalue weighted by Crippen LogP contribution is -2.54. The van der Waals surface area contributed by atoms with Crippen LogP contribution in [0.5, 0.6) is 0 Å². The van der Waals surface area contributed by atoms with Crippen LogP contribution in [-0.2, 0) is 15.6 Å². The summed E-state index contributed by atoms with van der Waals surface area (Å²) in [5, 5.41) is 10.9. The summed E-state index contributed by atoms with van der Waals surface area (Å²) < 4.78 is 104. The van der Waals surface area contributed by atoms with Crippen LogP contribution in [0.25, 0.3) is 0 Å². The van der Waals surface area contributed by atoms with Crippen molar-refractivity contribution in [2.24, 2.45) is 0 Å². The molecule has 0 amide bonds. The quantitative estimate of drug-likeness (QED) is 0.645. The number of hydrogen-bond donors (Lipinski definition) is 2. The molecular formula is C17H17F6N3O3S2. The third kappa shape index (κ3) is 4.21. The Morgan fingerprint density at radius 3 is 1.87 bits per heavy atom. The fraction of sp³-hybridized carbons (Fsp3) is 0.412. The smallest absolute Gasteiger partial charge is 0.398 e. The molecule has 0 atom stereocenters. The van der Waals surface area contributed by atoms with Crippen molar-refractivity contribution in [1.29, 1.82) is 0 Å². The second kappa shape index (κ2) is 7.83. The Labute approximate surface area is 177 Å². The number of thiophene rings is 1. The largest absolute Gasteiger partial charge is 0.430 e. The molecule has 1 aliphatic rings. The summed E-state index contributed by atoms with van der Waals surface area (Å²) in [7, 11) is -3.74. The molecule has 31 heavy (non-hydrogen) atoms. The van der Waals surface area contributed by atoms with Gasteiger partial charge in [-0.2, -0.15) is 30.6 Å². The van der Waals surface area contributed by atoms with Gasteiger partial charge < -0.3 is 15.7 Å². The van der Waals surface area contributed by atoms with Gasteiger partial charge in [-0.15, -0.1) is 11.3 Å². The molecule has 0 unspecified atom stereocenters. The average molecular weight is 489 g/mol. The molecule has 0 spiro atoms. The summed E-state index contributed by atoms with van der Waals surface area (Å²) in [6.07, 6.45) is -11.9. The first-order valence-corrected chi connectivity index (χ1v) is 11.1. The Kier molecular flexibility index (Phi) is 5.97. The lowest BCUT2D eigenvalue weighted by molar-refractivity contribution is -0.376. The second-order valence-electron chi connectivity index (χ2n) is 6.84. The first-order valence-electron chi connectivity index (χ1n) is 8.73. The van der Waals surface area contributed by atoms with Crippen LogP contribution in [0, 0.1) is 0 Å². The molecule has 14 heteroatoms. The average Bonchev–Trinajstić information content (AvgIpc) is 3.13. The van der Waals surface area contributed by atoms with Gasteiger partial charge in [0, 0.05) is 48.5 Å². The molecule has 0 bridgehead atoms. The van der Waals surface area contributed by atoms with E-state index in [4.69, 9.17) is 5.73 Å². The van der Waals surface area contributed by atoms with Gasteiger partial charge in [0.25, 0.3) is 15.6 Å². The third-order valence-corrected chi connectivity index (χ3v) is 8.23. The molecule has 0 radical (unpaired) electrons. The zero-order chi connectivity index (χ0) is 23.2. The van der Waals surface area contributed by atoms with Crippen molar-refractivity contribution in [1.82, 2.24) is 4.31 Å². The monoisotopic (exact) mass is 489 g/mol. The molecule has 1 aliphatic heterocycles. The SMILES string of the molecule is Nc1csc(S(=O)(=O)N2CCN(c3ccc(C(O)(C(F)(F)F)C(F)(F)F)cc3)CC2)c1. The van der Waals surface area contributed by atoms with E-state index < -0.39 is 33.5 Å². The van der Waals surface area contributed by atoms with Crippen molar-refractivity contribution in [3.63, 3.8) is 0 Å². The van der Waals surface area contributed by atoms with E-state index in [1.165, 1.54) is 15.8 Å². The van der Waals surface area contributed by atoms with Gasteiger partial charge in [-0.05, 0) is 18.2 Å². The summed E-state index contributed by atoms with van der Waals surface area (Å²) in [6.45, 7) is 0.471. The molecule has 0 saturated carbocycles. The summed E-state index contributed by atoms with van der Waals surface area (Å²) >= 11 is 0.979. The molecule has 1 saturated heterocycles. The van der Waals surface area contributed by atoms with Crippen LogP contribution < -0.4 is 10.6 Å². The van der Waals surface area contributed by atoms with Crippen molar-refractivity contribution in [3.05, 3.63) is 41.3 Å². The van der Waals surface area contributed by atoms with Crippen LogP contribution in [0.1, 0.15) is 5.56 Å². The summed E-state index contributed by atoms with van der Waals surface area (Å²) in [6, 6.07) is 4.53. The van der Waals surface area contributed by atoms with Gasteiger partial charge in [0.1, 0.15) is 4.21 Å². The number of halogens is 6. The maximum absolute atomic E-state index is 13.0. The molecule has 172 valence electrons. The Bertz CT molecular complexity index is 1010. The zero-order valence-electron chi connectivity index (χ0n) is 15.6. The van der Waals surface area contributed by atoms with E-state index in [2.05, 4.69) is 0 Å². The molecule has 1 fully saturated rings. The standard InChI is InChI=1S/C17H17F6N3O3S2/c18-16(19,20)15(27,17(21,22)23)11-1-3-13(4-2-11)25-5-7-26(8-6-25)31(28,29)14-9-12(24)10-30-14/h1-4,9-10,27H,5-8,24H2. The number of alkyl halides is 6. The molecule has 2 aromatic rings. The molecule has 0 aliphatic carbocycles. The third-order valence-electron chi connectivity index (χ3n) is 4.90. The predicted octanol–water partition coefficient (Wildman–Crippen LogP) is 3.15. The fourth-order valence-electron chi connectivity index (χ4n) is 3.18. The van der Waals surface area contributed by atoms with Crippen molar-refractivity contribution in [2.45, 2.75) is 22.2 Å². The first kappa shape index (κ1) is 23.6. The number of nitrogens with two attached hydrogens (primary N) is 1. The highest BCUT2D eigenvalue weighted by Gasteiger charge is 2.71. The number of benzene rings is 1. The lowest BCUT2D eigenvalue weighted by Gasteiger charge is -2.36. The highest BCUT2D eigenvalue weighted by Crippen LogP contribution is 2.50. The van der Waals surface area contributed by atoms with E-state index in [1.807, 2.05) is 0 Å². The van der Waals surface area contributed by atoms with E-state index in [1.54, 1.807) is 4.90 Å². The summed E-state index contributed by atoms with van der Waals surface area (Å²) in [4.78, 5) is 1.62. The summed E-state index contributed by atoms with van der Waals surface area (Å²) in [5.41, 5.74) is -0.168. The van der Waals surface area contributed by atoms with Crippen molar-refractivity contribution in [3.8, 4) is 0 Å². The topological polar surface area (TPSA) is 86.9 Å². The molecule has 3 N–H and O–H groups in total. The van der Waals surface area contributed by atoms with E-state index >= 15 is 0 Å². The molecule has 6 nitrogen and oxygen atoms in total. The van der Waals surface area contributed by atoms with Gasteiger partial charge in [0.2, 0.25) is 0 Å². The highest BCUT2D eigenvalue weighted by molar-refractivity contribution is 7.91. The number of hydrogen-bond acceptors (Lipinski definition) is 6. The van der Waals surface area contributed by atoms with Crippen molar-refractivity contribution in [2.75, 3.05) is 36.8 Å². The van der Waals surface area contributed by atoms with Crippen LogP contribution in [0.15, 0.2) is 39.9 Å². The van der Waals surface area contributed by atoms with E-state index in [0.717, 1.165) is 23.5 Å². The maximum atomic E-state index is 13.0. The molecule has 1 aromatic carbocycles. The maximum Gasteiger partial charge on any atom is 0.430 e. The van der Waals surface area contributed by atoms with Gasteiger partial charge in [-0.25, -0.2) is 8.42 Å². The Morgan fingerprint density at radius 1 is 0.935 bits per heavy atom. The Hall–Kier alpha value is -2.03. The number of nitrogen functional groups attached to an aromatic ring is 1. The molecular weight excluding hydrogens is 472 g/mol. The van der Waals surface area contributed by atoms with Crippen molar-refractivity contribution < 1.29 is 39.9 Å². The molecule has 2 heterocycles. The normalized spacial score (nSPS) is 17.2. The number of anilines is 2. The van der Waals surface area contributed by atoms with Crippen LogP contribution in [0.4, 0.5) is 37.7 Å². The fourth-order valence-corrected chi connectivity index (χ4v) is 5.84. The molecule has 3 rings (SSSR count). The number of piperazine rings is 1. The number of aliphatic hydroxyl groups is 1. The van der Waals surface area contributed by atoms with E-state index in [-0.39, 0.29) is 30.4 Å².